The molecule has 0 unspecified atom stereocenters. The first-order valence-corrected chi connectivity index (χ1v) is 6.56. The summed E-state index contributed by atoms with van der Waals surface area (Å²) in [7, 11) is 0. The van der Waals surface area contributed by atoms with Gasteiger partial charge in [0.25, 0.3) is 5.91 Å². The summed E-state index contributed by atoms with van der Waals surface area (Å²) in [5.41, 5.74) is 1.39. The van der Waals surface area contributed by atoms with Gasteiger partial charge in [0.05, 0.1) is 5.92 Å². The zero-order chi connectivity index (χ0) is 14.2. The molecule has 1 fully saturated rings. The lowest BCUT2D eigenvalue weighted by atomic mass is 9.99. The van der Waals surface area contributed by atoms with E-state index in [1.165, 1.54) is 0 Å². The van der Waals surface area contributed by atoms with Gasteiger partial charge in [-0.15, -0.1) is 0 Å². The predicted octanol–water partition coefficient (Wildman–Crippen LogP) is 2.44. The number of carbonyl (C=O) groups is 2. The molecule has 0 bridgehead atoms. The zero-order valence-corrected chi connectivity index (χ0v) is 11.6. The molecule has 0 aliphatic carbocycles. The van der Waals surface area contributed by atoms with Crippen molar-refractivity contribution in [1.82, 2.24) is 4.90 Å². The van der Waals surface area contributed by atoms with E-state index >= 15 is 0 Å². The van der Waals surface area contributed by atoms with Crippen LogP contribution in [0.1, 0.15) is 22.8 Å². The molecule has 1 saturated heterocycles. The fraction of sp³-hybridized carbons (Fsp3) is 0.429. The van der Waals surface area contributed by atoms with Crippen molar-refractivity contribution in [3.8, 4) is 0 Å². The van der Waals surface area contributed by atoms with Crippen LogP contribution in [0.4, 0.5) is 0 Å². The highest BCUT2D eigenvalue weighted by atomic mass is 35.5. The highest BCUT2D eigenvalue weighted by Crippen LogP contribution is 2.26. The first kappa shape index (κ1) is 13.9. The van der Waals surface area contributed by atoms with E-state index in [4.69, 9.17) is 16.7 Å². The van der Waals surface area contributed by atoms with Gasteiger partial charge in [-0.1, -0.05) is 18.5 Å². The molecule has 0 aromatic heterocycles. The topological polar surface area (TPSA) is 57.6 Å². The maximum atomic E-state index is 12.4. The third-order valence-electron chi connectivity index (χ3n) is 3.64. The molecule has 2 rings (SSSR count). The SMILES string of the molecule is Cc1cc(Cl)ccc1C(=O)N1C[C@@H](C)[C@H](C(=O)O)C1. The van der Waals surface area contributed by atoms with Gasteiger partial charge in [0.2, 0.25) is 0 Å². The van der Waals surface area contributed by atoms with E-state index in [-0.39, 0.29) is 18.4 Å². The van der Waals surface area contributed by atoms with Gasteiger partial charge in [0.1, 0.15) is 0 Å². The molecular weight excluding hydrogens is 266 g/mol. The Labute approximate surface area is 117 Å². The average molecular weight is 282 g/mol. The third-order valence-corrected chi connectivity index (χ3v) is 3.87. The maximum Gasteiger partial charge on any atom is 0.308 e. The normalized spacial score (nSPS) is 22.6. The van der Waals surface area contributed by atoms with Crippen molar-refractivity contribution in [3.63, 3.8) is 0 Å². The molecule has 1 N–H and O–H groups in total. The lowest BCUT2D eigenvalue weighted by molar-refractivity contribution is -0.142. The second-order valence-corrected chi connectivity index (χ2v) is 5.53. The van der Waals surface area contributed by atoms with Crippen LogP contribution in [0.2, 0.25) is 5.02 Å². The number of carbonyl (C=O) groups excluding carboxylic acids is 1. The first-order chi connectivity index (χ1) is 8.90. The van der Waals surface area contributed by atoms with Crippen LogP contribution in [-0.2, 0) is 4.79 Å². The molecule has 0 saturated carbocycles. The monoisotopic (exact) mass is 281 g/mol. The van der Waals surface area contributed by atoms with Crippen molar-refractivity contribution in [2.45, 2.75) is 13.8 Å². The number of benzene rings is 1. The van der Waals surface area contributed by atoms with Gasteiger partial charge in [-0.3, -0.25) is 9.59 Å². The summed E-state index contributed by atoms with van der Waals surface area (Å²) in [6.45, 7) is 4.45. The van der Waals surface area contributed by atoms with E-state index in [0.717, 1.165) is 5.56 Å². The summed E-state index contributed by atoms with van der Waals surface area (Å²) >= 11 is 5.87. The Morgan fingerprint density at radius 1 is 1.37 bits per heavy atom. The fourth-order valence-corrected chi connectivity index (χ4v) is 2.72. The molecule has 1 aliphatic rings. The van der Waals surface area contributed by atoms with Crippen LogP contribution in [0.5, 0.6) is 0 Å². The van der Waals surface area contributed by atoms with Crippen molar-refractivity contribution < 1.29 is 14.7 Å². The second-order valence-electron chi connectivity index (χ2n) is 5.09. The van der Waals surface area contributed by atoms with Crippen LogP contribution in [0.25, 0.3) is 0 Å². The lowest BCUT2D eigenvalue weighted by Crippen LogP contribution is -2.30. The molecule has 1 aromatic rings. The predicted molar refractivity (Wildman–Crippen MR) is 72.4 cm³/mol. The standard InChI is InChI=1S/C14H16ClNO3/c1-8-5-10(15)3-4-11(8)13(17)16-6-9(2)12(7-16)14(18)19/h3-5,9,12H,6-7H2,1-2H3,(H,18,19)/t9-,12-/m1/s1. The minimum Gasteiger partial charge on any atom is -0.481 e. The van der Waals surface area contributed by atoms with Crippen LogP contribution in [0.3, 0.4) is 0 Å². The molecule has 1 aliphatic heterocycles. The van der Waals surface area contributed by atoms with Crippen LogP contribution < -0.4 is 0 Å². The summed E-state index contributed by atoms with van der Waals surface area (Å²) in [5, 5.41) is 9.68. The number of hydrogen-bond acceptors (Lipinski definition) is 2. The van der Waals surface area contributed by atoms with Crippen LogP contribution in [0.15, 0.2) is 18.2 Å². The van der Waals surface area contributed by atoms with Gasteiger partial charge in [0.15, 0.2) is 0 Å². The molecule has 2 atom stereocenters. The Hall–Kier alpha value is -1.55. The van der Waals surface area contributed by atoms with Gasteiger partial charge in [0, 0.05) is 23.7 Å². The zero-order valence-electron chi connectivity index (χ0n) is 10.9. The van der Waals surface area contributed by atoms with Crippen LogP contribution in [-0.4, -0.2) is 35.0 Å². The summed E-state index contributed by atoms with van der Waals surface area (Å²) in [6.07, 6.45) is 0. The molecule has 1 aromatic carbocycles. The average Bonchev–Trinajstić information content (AvgIpc) is 2.70. The Morgan fingerprint density at radius 2 is 2.05 bits per heavy atom. The number of aliphatic carboxylic acids is 1. The molecular formula is C14H16ClNO3. The largest absolute Gasteiger partial charge is 0.481 e. The van der Waals surface area contributed by atoms with Crippen LogP contribution >= 0.6 is 11.6 Å². The molecule has 19 heavy (non-hydrogen) atoms. The van der Waals surface area contributed by atoms with Crippen molar-refractivity contribution in [2.24, 2.45) is 11.8 Å². The summed E-state index contributed by atoms with van der Waals surface area (Å²) in [5.74, 6) is -1.45. The van der Waals surface area contributed by atoms with E-state index in [2.05, 4.69) is 0 Å². The number of halogens is 1. The number of nitrogens with zero attached hydrogens (tertiary/aromatic N) is 1. The molecule has 1 heterocycles. The number of rotatable bonds is 2. The number of carboxylic acid groups (broad SMARTS) is 1. The number of hydrogen-bond donors (Lipinski definition) is 1. The van der Waals surface area contributed by atoms with Crippen molar-refractivity contribution in [2.75, 3.05) is 13.1 Å². The lowest BCUT2D eigenvalue weighted by Gasteiger charge is -2.17. The highest BCUT2D eigenvalue weighted by Gasteiger charge is 2.37. The Morgan fingerprint density at radius 3 is 2.58 bits per heavy atom. The van der Waals surface area contributed by atoms with Crippen LogP contribution in [0, 0.1) is 18.8 Å². The van der Waals surface area contributed by atoms with Crippen molar-refractivity contribution >= 4 is 23.5 Å². The molecule has 0 spiro atoms. The molecule has 1 amide bonds. The Bertz CT molecular complexity index is 529. The van der Waals surface area contributed by atoms with Crippen molar-refractivity contribution in [1.29, 1.82) is 0 Å². The molecule has 4 nitrogen and oxygen atoms in total. The molecule has 102 valence electrons. The van der Waals surface area contributed by atoms with E-state index in [1.807, 2.05) is 13.8 Å². The summed E-state index contributed by atoms with van der Waals surface area (Å²) in [6, 6.07) is 5.11. The maximum absolute atomic E-state index is 12.4. The van der Waals surface area contributed by atoms with Gasteiger partial charge >= 0.3 is 5.97 Å². The Balaban J connectivity index is 2.19. The van der Waals surface area contributed by atoms with Gasteiger partial charge < -0.3 is 10.0 Å². The minimum atomic E-state index is -0.837. The van der Waals surface area contributed by atoms with E-state index in [0.29, 0.717) is 17.1 Å². The molecule has 0 radical (unpaired) electrons. The van der Waals surface area contributed by atoms with Gasteiger partial charge in [-0.05, 0) is 36.6 Å². The first-order valence-electron chi connectivity index (χ1n) is 6.18. The van der Waals surface area contributed by atoms with E-state index in [9.17, 15) is 9.59 Å². The number of aryl methyl sites for hydroxylation is 1. The molecule has 5 heteroatoms. The fourth-order valence-electron chi connectivity index (χ4n) is 2.49. The second kappa shape index (κ2) is 5.21. The number of carboxylic acids is 1. The van der Waals surface area contributed by atoms with E-state index in [1.54, 1.807) is 23.1 Å². The van der Waals surface area contributed by atoms with E-state index < -0.39 is 11.9 Å². The van der Waals surface area contributed by atoms with Gasteiger partial charge in [-0.2, -0.15) is 0 Å². The number of amides is 1. The third kappa shape index (κ3) is 2.73. The Kier molecular flexibility index (Phi) is 3.80. The minimum absolute atomic E-state index is 0.0194. The number of likely N-dealkylation sites (tertiary alicyclic amines) is 1. The summed E-state index contributed by atoms with van der Waals surface area (Å²) in [4.78, 5) is 25.1. The quantitative estimate of drug-likeness (QED) is 0.906. The van der Waals surface area contributed by atoms with Gasteiger partial charge in [-0.25, -0.2) is 0 Å². The smallest absolute Gasteiger partial charge is 0.308 e. The van der Waals surface area contributed by atoms with Crippen molar-refractivity contribution in [3.05, 3.63) is 34.3 Å². The highest BCUT2D eigenvalue weighted by molar-refractivity contribution is 6.30. The summed E-state index contributed by atoms with van der Waals surface area (Å²) < 4.78 is 0.